The second kappa shape index (κ2) is 11.7. The number of benzene rings is 2. The molecule has 0 atom stereocenters. The van der Waals surface area contributed by atoms with Crippen molar-refractivity contribution < 1.29 is 18.0 Å². The number of hydrogen-bond acceptors (Lipinski definition) is 6. The minimum absolute atomic E-state index is 0.228. The van der Waals surface area contributed by atoms with E-state index in [1.807, 2.05) is 19.1 Å². The smallest absolute Gasteiger partial charge is 0.257 e. The molecule has 198 valence electrons. The predicted molar refractivity (Wildman–Crippen MR) is 146 cm³/mol. The van der Waals surface area contributed by atoms with Crippen molar-refractivity contribution in [2.45, 2.75) is 38.5 Å². The summed E-state index contributed by atoms with van der Waals surface area (Å²) in [6.45, 7) is 6.00. The number of sulfonamides is 1. The largest absolute Gasteiger partial charge is 0.322 e. The molecule has 38 heavy (non-hydrogen) atoms. The van der Waals surface area contributed by atoms with Gasteiger partial charge in [-0.05, 0) is 80.6 Å². The number of amides is 2. The molecule has 0 bridgehead atoms. The Balaban J connectivity index is 1.31. The van der Waals surface area contributed by atoms with Gasteiger partial charge in [-0.25, -0.2) is 13.8 Å². The Kier molecular flexibility index (Phi) is 8.33. The second-order valence-corrected chi connectivity index (χ2v) is 11.3. The lowest BCUT2D eigenvalue weighted by Gasteiger charge is -2.30. The molecule has 1 saturated heterocycles. The average Bonchev–Trinajstić information content (AvgIpc) is 2.93. The molecule has 2 amide bonds. The van der Waals surface area contributed by atoms with Crippen molar-refractivity contribution in [1.82, 2.24) is 14.7 Å². The van der Waals surface area contributed by atoms with Crippen molar-refractivity contribution in [2.24, 2.45) is 11.0 Å². The molecule has 1 aliphatic rings. The number of nitrogens with one attached hydrogen (secondary N) is 2. The average molecular weight is 534 g/mol. The van der Waals surface area contributed by atoms with Crippen LogP contribution in [0, 0.1) is 19.8 Å². The first kappa shape index (κ1) is 27.2. The molecule has 0 unspecified atom stereocenters. The molecule has 0 saturated carbocycles. The van der Waals surface area contributed by atoms with Gasteiger partial charge in [0.15, 0.2) is 0 Å². The Morgan fingerprint density at radius 1 is 1.00 bits per heavy atom. The van der Waals surface area contributed by atoms with E-state index in [1.54, 1.807) is 62.5 Å². The van der Waals surface area contributed by atoms with Crippen LogP contribution in [0.4, 0.5) is 5.69 Å². The first-order chi connectivity index (χ1) is 18.1. The Bertz CT molecular complexity index is 1450. The third kappa shape index (κ3) is 6.32. The molecular weight excluding hydrogens is 502 g/mol. The summed E-state index contributed by atoms with van der Waals surface area (Å²) >= 11 is 0. The van der Waals surface area contributed by atoms with Crippen LogP contribution in [0.15, 0.2) is 77.0 Å². The highest BCUT2D eigenvalue weighted by Gasteiger charge is 2.32. The molecule has 0 aliphatic carbocycles. The van der Waals surface area contributed by atoms with E-state index in [-0.39, 0.29) is 30.8 Å². The maximum absolute atomic E-state index is 13.1. The van der Waals surface area contributed by atoms with E-state index in [9.17, 15) is 18.0 Å². The van der Waals surface area contributed by atoms with E-state index in [0.29, 0.717) is 40.3 Å². The topological polar surface area (TPSA) is 121 Å². The molecule has 1 aliphatic heterocycles. The first-order valence-electron chi connectivity index (χ1n) is 12.4. The fraction of sp³-hybridized carbons (Fsp3) is 0.286. The van der Waals surface area contributed by atoms with E-state index in [2.05, 4.69) is 20.8 Å². The number of aryl methyl sites for hydroxylation is 2. The van der Waals surface area contributed by atoms with Gasteiger partial charge in [-0.15, -0.1) is 0 Å². The van der Waals surface area contributed by atoms with Crippen LogP contribution in [0.5, 0.6) is 0 Å². The molecule has 0 spiro atoms. The fourth-order valence-corrected chi connectivity index (χ4v) is 6.05. The van der Waals surface area contributed by atoms with E-state index in [0.717, 1.165) is 11.1 Å². The monoisotopic (exact) mass is 533 g/mol. The van der Waals surface area contributed by atoms with E-state index >= 15 is 0 Å². The van der Waals surface area contributed by atoms with Crippen LogP contribution in [0.1, 0.15) is 46.8 Å². The zero-order valence-electron chi connectivity index (χ0n) is 21.6. The molecule has 0 radical (unpaired) electrons. The summed E-state index contributed by atoms with van der Waals surface area (Å²) in [5.74, 6) is -0.800. The molecule has 2 heterocycles. The van der Waals surface area contributed by atoms with Crippen LogP contribution in [0.2, 0.25) is 0 Å². The van der Waals surface area contributed by atoms with Crippen LogP contribution in [0.3, 0.4) is 0 Å². The van der Waals surface area contributed by atoms with Gasteiger partial charge in [0.05, 0.1) is 16.2 Å². The molecule has 3 aromatic rings. The zero-order chi connectivity index (χ0) is 27.3. The van der Waals surface area contributed by atoms with Crippen molar-refractivity contribution in [3.63, 3.8) is 0 Å². The lowest BCUT2D eigenvalue weighted by Crippen LogP contribution is -2.42. The minimum Gasteiger partial charge on any atom is -0.322 e. The minimum atomic E-state index is -3.61. The highest BCUT2D eigenvalue weighted by atomic mass is 32.2. The number of hydrazone groups is 1. The van der Waals surface area contributed by atoms with E-state index in [4.69, 9.17) is 0 Å². The van der Waals surface area contributed by atoms with Gasteiger partial charge in [0.25, 0.3) is 5.91 Å². The number of piperidine rings is 1. The summed E-state index contributed by atoms with van der Waals surface area (Å²) in [6.07, 6.45) is 3.95. The van der Waals surface area contributed by atoms with Gasteiger partial charge in [0, 0.05) is 37.1 Å². The van der Waals surface area contributed by atoms with Crippen molar-refractivity contribution in [3.8, 4) is 0 Å². The molecular formula is C28H31N5O4S. The van der Waals surface area contributed by atoms with Crippen LogP contribution >= 0.6 is 0 Å². The van der Waals surface area contributed by atoms with Gasteiger partial charge in [0.1, 0.15) is 0 Å². The van der Waals surface area contributed by atoms with Gasteiger partial charge in [-0.3, -0.25) is 14.6 Å². The van der Waals surface area contributed by atoms with E-state index in [1.165, 1.54) is 10.5 Å². The lowest BCUT2D eigenvalue weighted by molar-refractivity contribution is -0.126. The van der Waals surface area contributed by atoms with Crippen LogP contribution in [0.25, 0.3) is 0 Å². The third-order valence-corrected chi connectivity index (χ3v) is 8.64. The number of nitrogens with zero attached hydrogens (tertiary/aromatic N) is 3. The predicted octanol–water partition coefficient (Wildman–Crippen LogP) is 3.89. The normalized spacial score (nSPS) is 15.2. The second-order valence-electron chi connectivity index (χ2n) is 9.39. The summed E-state index contributed by atoms with van der Waals surface area (Å²) in [5.41, 5.74) is 6.72. The summed E-state index contributed by atoms with van der Waals surface area (Å²) in [6, 6.07) is 15.9. The number of carbonyl (C=O) groups is 2. The molecule has 2 aromatic carbocycles. The number of hydrogen-bond donors (Lipinski definition) is 2. The number of carbonyl (C=O) groups excluding carboxylic acids is 2. The first-order valence-corrected chi connectivity index (χ1v) is 13.8. The molecule has 1 fully saturated rings. The lowest BCUT2D eigenvalue weighted by atomic mass is 9.98. The van der Waals surface area contributed by atoms with Crippen LogP contribution < -0.4 is 10.7 Å². The fourth-order valence-electron chi connectivity index (χ4n) is 4.27. The van der Waals surface area contributed by atoms with Crippen molar-refractivity contribution in [1.29, 1.82) is 0 Å². The molecule has 4 rings (SSSR count). The summed E-state index contributed by atoms with van der Waals surface area (Å²) < 4.78 is 27.7. The quantitative estimate of drug-likeness (QED) is 0.353. The highest BCUT2D eigenvalue weighted by molar-refractivity contribution is 7.89. The van der Waals surface area contributed by atoms with Gasteiger partial charge in [-0.1, -0.05) is 24.3 Å². The number of rotatable bonds is 7. The zero-order valence-corrected chi connectivity index (χ0v) is 22.5. The molecule has 2 N–H and O–H groups in total. The summed E-state index contributed by atoms with van der Waals surface area (Å²) in [5, 5.41) is 7.05. The van der Waals surface area contributed by atoms with Crippen LogP contribution in [-0.2, 0) is 14.8 Å². The van der Waals surface area contributed by atoms with Gasteiger partial charge >= 0.3 is 0 Å². The standard InChI is InChI=1S/C28H31N5O4S/c1-19-6-7-20(2)26(17-19)38(36,37)33-15-12-23(13-16-33)28(35)32-31-21(3)22-8-10-25(11-9-22)30-27(34)24-5-4-14-29-18-24/h4-11,14,17-18,23H,12-13,15-16H2,1-3H3,(H,30,34)(H,32,35). The molecule has 1 aromatic heterocycles. The Hall–Kier alpha value is -3.89. The van der Waals surface area contributed by atoms with Crippen LogP contribution in [-0.4, -0.2) is 48.3 Å². The Morgan fingerprint density at radius 3 is 2.37 bits per heavy atom. The number of anilines is 1. The summed E-state index contributed by atoms with van der Waals surface area (Å²) in [7, 11) is -3.61. The van der Waals surface area contributed by atoms with Crippen molar-refractivity contribution >= 4 is 33.2 Å². The van der Waals surface area contributed by atoms with Gasteiger partial charge in [0.2, 0.25) is 15.9 Å². The van der Waals surface area contributed by atoms with Crippen molar-refractivity contribution in [2.75, 3.05) is 18.4 Å². The van der Waals surface area contributed by atoms with E-state index < -0.39 is 10.0 Å². The Labute approximate surface area is 223 Å². The molecule has 10 heteroatoms. The summed E-state index contributed by atoms with van der Waals surface area (Å²) in [4.78, 5) is 29.3. The van der Waals surface area contributed by atoms with Crippen molar-refractivity contribution in [3.05, 3.63) is 89.2 Å². The SMILES string of the molecule is CC(=NNC(=O)C1CCN(S(=O)(=O)c2cc(C)ccc2C)CC1)c1ccc(NC(=O)c2cccnc2)cc1. The number of aromatic nitrogens is 1. The maximum Gasteiger partial charge on any atom is 0.257 e. The van der Waals surface area contributed by atoms with Gasteiger partial charge in [-0.2, -0.15) is 9.41 Å². The Morgan fingerprint density at radius 2 is 1.71 bits per heavy atom. The third-order valence-electron chi connectivity index (χ3n) is 6.60. The van der Waals surface area contributed by atoms with Gasteiger partial charge < -0.3 is 5.32 Å². The molecule has 9 nitrogen and oxygen atoms in total. The number of pyridine rings is 1. The maximum atomic E-state index is 13.1. The highest BCUT2D eigenvalue weighted by Crippen LogP contribution is 2.26.